The van der Waals surface area contributed by atoms with Crippen molar-refractivity contribution >= 4 is 23.6 Å². The van der Waals surface area contributed by atoms with Crippen LogP contribution in [0.15, 0.2) is 60.3 Å². The molecule has 1 unspecified atom stereocenters. The van der Waals surface area contributed by atoms with Gasteiger partial charge in [-0.05, 0) is 29.7 Å². The maximum atomic E-state index is 14.1. The second kappa shape index (κ2) is 9.71. The monoisotopic (exact) mass is 457 g/mol. The van der Waals surface area contributed by atoms with Crippen LogP contribution in [-0.2, 0) is 4.74 Å². The van der Waals surface area contributed by atoms with E-state index in [4.69, 9.17) is 16.3 Å². The molecule has 1 N–H and O–H groups in total. The maximum absolute atomic E-state index is 14.1. The molecule has 1 fully saturated rings. The van der Waals surface area contributed by atoms with Crippen LogP contribution in [0.4, 0.5) is 9.18 Å². The molecular formula is C24H25ClFN3O3. The van der Waals surface area contributed by atoms with E-state index >= 15 is 0 Å². The van der Waals surface area contributed by atoms with E-state index in [2.05, 4.69) is 10.2 Å². The van der Waals surface area contributed by atoms with Crippen LogP contribution in [0.1, 0.15) is 28.4 Å². The van der Waals surface area contributed by atoms with Gasteiger partial charge in [-0.1, -0.05) is 48.0 Å². The third kappa shape index (κ3) is 4.79. The summed E-state index contributed by atoms with van der Waals surface area (Å²) in [5.41, 5.74) is 2.10. The lowest BCUT2D eigenvalue weighted by molar-refractivity contribution is 0.0816. The standard InChI is InChI=1S/C24H25ClFN3O3/c1-32-24(31)27-21(16-6-3-2-4-7-16)10-11-28-12-17-14-29(15-18(17)13-28)23(30)22-19(25)8-5-9-20(22)26/h2-9,14,18,21H,10-13,15H2,1H3,(H,27,31)/t18?,21-/m0/s1. The van der Waals surface area contributed by atoms with E-state index in [9.17, 15) is 14.0 Å². The van der Waals surface area contributed by atoms with Crippen LogP contribution in [0.2, 0.25) is 5.02 Å². The topological polar surface area (TPSA) is 61.9 Å². The Morgan fingerprint density at radius 1 is 1.19 bits per heavy atom. The third-order valence-corrected chi connectivity index (χ3v) is 6.31. The number of methoxy groups -OCH3 is 1. The fourth-order valence-electron chi connectivity index (χ4n) is 4.37. The minimum Gasteiger partial charge on any atom is -0.453 e. The Bertz CT molecular complexity index is 1010. The van der Waals surface area contributed by atoms with Crippen molar-refractivity contribution in [3.05, 3.63) is 82.3 Å². The van der Waals surface area contributed by atoms with Crippen molar-refractivity contribution < 1.29 is 18.7 Å². The molecule has 2 aliphatic heterocycles. The lowest BCUT2D eigenvalue weighted by atomic mass is 10.0. The van der Waals surface area contributed by atoms with E-state index in [-0.39, 0.29) is 22.5 Å². The molecule has 1 saturated heterocycles. The molecule has 0 radical (unpaired) electrons. The number of amides is 2. The Labute approximate surface area is 191 Å². The Kier molecular flexibility index (Phi) is 6.77. The highest BCUT2D eigenvalue weighted by atomic mass is 35.5. The van der Waals surface area contributed by atoms with Gasteiger partial charge >= 0.3 is 6.09 Å². The minimum absolute atomic E-state index is 0.0811. The largest absolute Gasteiger partial charge is 0.453 e. The van der Waals surface area contributed by atoms with E-state index in [1.54, 1.807) is 4.90 Å². The highest BCUT2D eigenvalue weighted by Gasteiger charge is 2.36. The number of nitrogens with one attached hydrogen (secondary N) is 1. The van der Waals surface area contributed by atoms with E-state index in [1.165, 1.54) is 25.3 Å². The zero-order valence-electron chi connectivity index (χ0n) is 17.8. The molecule has 4 rings (SSSR count). The molecule has 0 aliphatic carbocycles. The predicted molar refractivity (Wildman–Crippen MR) is 120 cm³/mol. The van der Waals surface area contributed by atoms with Gasteiger partial charge in [0.05, 0.1) is 23.7 Å². The lowest BCUT2D eigenvalue weighted by Gasteiger charge is -2.23. The molecule has 2 aromatic carbocycles. The third-order valence-electron chi connectivity index (χ3n) is 6.00. The zero-order valence-corrected chi connectivity index (χ0v) is 18.5. The number of halogens is 2. The molecule has 2 amide bonds. The lowest BCUT2D eigenvalue weighted by Crippen LogP contribution is -2.33. The fourth-order valence-corrected chi connectivity index (χ4v) is 4.61. The van der Waals surface area contributed by atoms with Gasteiger partial charge in [0, 0.05) is 38.3 Å². The van der Waals surface area contributed by atoms with Crippen LogP contribution in [-0.4, -0.2) is 55.1 Å². The molecule has 2 aliphatic rings. The van der Waals surface area contributed by atoms with Crippen LogP contribution in [0.5, 0.6) is 0 Å². The SMILES string of the molecule is COC(=O)N[C@@H](CCN1CC2=CN(C(=O)c3c(F)cccc3Cl)CC2C1)c1ccccc1. The Hall–Kier alpha value is -2.90. The summed E-state index contributed by atoms with van der Waals surface area (Å²) in [5.74, 6) is -0.800. The number of ether oxygens (including phenoxy) is 1. The van der Waals surface area contributed by atoms with Crippen LogP contribution >= 0.6 is 11.6 Å². The van der Waals surface area contributed by atoms with Crippen molar-refractivity contribution in [2.45, 2.75) is 12.5 Å². The van der Waals surface area contributed by atoms with Crippen molar-refractivity contribution in [3.63, 3.8) is 0 Å². The molecular weight excluding hydrogens is 433 g/mol. The van der Waals surface area contributed by atoms with Crippen molar-refractivity contribution in [1.29, 1.82) is 0 Å². The molecule has 0 bridgehead atoms. The van der Waals surface area contributed by atoms with Gasteiger partial charge in [-0.3, -0.25) is 9.69 Å². The first-order chi connectivity index (χ1) is 15.5. The quantitative estimate of drug-likeness (QED) is 0.704. The second-order valence-electron chi connectivity index (χ2n) is 8.08. The molecule has 8 heteroatoms. The number of hydrogen-bond acceptors (Lipinski definition) is 4. The number of carbonyl (C=O) groups excluding carboxylic acids is 2. The van der Waals surface area contributed by atoms with Gasteiger partial charge in [-0.25, -0.2) is 9.18 Å². The normalized spacial score (nSPS) is 18.8. The Morgan fingerprint density at radius 3 is 2.66 bits per heavy atom. The number of nitrogens with zero attached hydrogens (tertiary/aromatic N) is 2. The number of fused-ring (bicyclic) bond motifs is 1. The molecule has 6 nitrogen and oxygen atoms in total. The van der Waals surface area contributed by atoms with E-state index in [1.807, 2.05) is 36.5 Å². The summed E-state index contributed by atoms with van der Waals surface area (Å²) >= 11 is 6.06. The average Bonchev–Trinajstić information content (AvgIpc) is 3.36. The summed E-state index contributed by atoms with van der Waals surface area (Å²) < 4.78 is 18.9. The smallest absolute Gasteiger partial charge is 0.407 e. The number of carbonyl (C=O) groups is 2. The molecule has 2 aromatic rings. The predicted octanol–water partition coefficient (Wildman–Crippen LogP) is 4.24. The van der Waals surface area contributed by atoms with Gasteiger partial charge in [0.2, 0.25) is 0 Å². The van der Waals surface area contributed by atoms with E-state index < -0.39 is 17.8 Å². The number of rotatable bonds is 6. The summed E-state index contributed by atoms with van der Waals surface area (Å²) in [6.45, 7) is 2.84. The highest BCUT2D eigenvalue weighted by Crippen LogP contribution is 2.32. The van der Waals surface area contributed by atoms with Crippen LogP contribution < -0.4 is 5.32 Å². The summed E-state index contributed by atoms with van der Waals surface area (Å²) in [6, 6.07) is 13.9. The molecule has 2 atom stereocenters. The molecule has 2 heterocycles. The van der Waals surface area contributed by atoms with Gasteiger partial charge < -0.3 is 15.0 Å². The molecule has 0 saturated carbocycles. The van der Waals surface area contributed by atoms with Crippen LogP contribution in [0, 0.1) is 11.7 Å². The van der Waals surface area contributed by atoms with Crippen molar-refractivity contribution in [2.75, 3.05) is 33.3 Å². The molecule has 32 heavy (non-hydrogen) atoms. The number of benzene rings is 2. The van der Waals surface area contributed by atoms with Crippen LogP contribution in [0.25, 0.3) is 0 Å². The Balaban J connectivity index is 1.38. The van der Waals surface area contributed by atoms with Gasteiger partial charge in [-0.15, -0.1) is 0 Å². The van der Waals surface area contributed by atoms with Gasteiger partial charge in [0.1, 0.15) is 5.82 Å². The van der Waals surface area contributed by atoms with Crippen molar-refractivity contribution in [2.24, 2.45) is 5.92 Å². The van der Waals surface area contributed by atoms with Gasteiger partial charge in [0.15, 0.2) is 0 Å². The van der Waals surface area contributed by atoms with E-state index in [0.717, 1.165) is 37.2 Å². The average molecular weight is 458 g/mol. The minimum atomic E-state index is -0.607. The highest BCUT2D eigenvalue weighted by molar-refractivity contribution is 6.33. The zero-order chi connectivity index (χ0) is 22.7. The first-order valence-electron chi connectivity index (χ1n) is 10.5. The van der Waals surface area contributed by atoms with Crippen LogP contribution in [0.3, 0.4) is 0 Å². The maximum Gasteiger partial charge on any atom is 0.407 e. The van der Waals surface area contributed by atoms with Crippen molar-refractivity contribution in [3.8, 4) is 0 Å². The molecule has 0 aromatic heterocycles. The molecule has 0 spiro atoms. The second-order valence-corrected chi connectivity index (χ2v) is 8.49. The Morgan fingerprint density at radius 2 is 1.97 bits per heavy atom. The fraction of sp³-hybridized carbons (Fsp3) is 0.333. The first-order valence-corrected chi connectivity index (χ1v) is 10.9. The summed E-state index contributed by atoms with van der Waals surface area (Å²) in [6.07, 6.45) is 2.10. The summed E-state index contributed by atoms with van der Waals surface area (Å²) in [5, 5.41) is 3.03. The first kappa shape index (κ1) is 22.3. The summed E-state index contributed by atoms with van der Waals surface area (Å²) in [4.78, 5) is 28.5. The number of likely N-dealkylation sites (tertiary alicyclic amines) is 1. The number of alkyl carbamates (subject to hydrolysis) is 1. The van der Waals surface area contributed by atoms with Gasteiger partial charge in [0.25, 0.3) is 5.91 Å². The molecule has 168 valence electrons. The van der Waals surface area contributed by atoms with Crippen molar-refractivity contribution in [1.82, 2.24) is 15.1 Å². The van der Waals surface area contributed by atoms with Gasteiger partial charge in [-0.2, -0.15) is 0 Å². The number of hydrogen-bond donors (Lipinski definition) is 1. The summed E-state index contributed by atoms with van der Waals surface area (Å²) in [7, 11) is 1.35. The van der Waals surface area contributed by atoms with E-state index in [0.29, 0.717) is 6.54 Å².